The SMILES string of the molecule is Cc1sc(S(=O)(=O)c2ccccc2)c(C)c1C(N)=O. The molecule has 4 nitrogen and oxygen atoms in total. The van der Waals surface area contributed by atoms with Gasteiger partial charge in [-0.05, 0) is 31.5 Å². The first kappa shape index (κ1) is 13.8. The summed E-state index contributed by atoms with van der Waals surface area (Å²) in [7, 11) is -3.59. The van der Waals surface area contributed by atoms with Crippen LogP contribution < -0.4 is 5.73 Å². The average molecular weight is 295 g/mol. The van der Waals surface area contributed by atoms with Gasteiger partial charge in [0.15, 0.2) is 0 Å². The number of rotatable bonds is 3. The molecule has 0 aliphatic rings. The van der Waals surface area contributed by atoms with Crippen molar-refractivity contribution < 1.29 is 13.2 Å². The van der Waals surface area contributed by atoms with Gasteiger partial charge in [0.05, 0.1) is 10.5 Å². The Bertz CT molecular complexity index is 731. The summed E-state index contributed by atoms with van der Waals surface area (Å²) in [6.07, 6.45) is 0. The molecule has 0 aliphatic heterocycles. The molecule has 1 aromatic carbocycles. The second kappa shape index (κ2) is 4.79. The predicted molar refractivity (Wildman–Crippen MR) is 74.2 cm³/mol. The van der Waals surface area contributed by atoms with Crippen LogP contribution in [0.25, 0.3) is 0 Å². The minimum absolute atomic E-state index is 0.185. The van der Waals surface area contributed by atoms with Crippen molar-refractivity contribution in [3.05, 3.63) is 46.3 Å². The number of hydrogen-bond acceptors (Lipinski definition) is 4. The van der Waals surface area contributed by atoms with Crippen LogP contribution in [-0.4, -0.2) is 14.3 Å². The highest BCUT2D eigenvalue weighted by Gasteiger charge is 2.26. The van der Waals surface area contributed by atoms with Gasteiger partial charge in [-0.25, -0.2) is 8.42 Å². The van der Waals surface area contributed by atoms with Gasteiger partial charge in [0.25, 0.3) is 0 Å². The quantitative estimate of drug-likeness (QED) is 0.943. The van der Waals surface area contributed by atoms with Crippen LogP contribution in [0.5, 0.6) is 0 Å². The fourth-order valence-electron chi connectivity index (χ4n) is 1.95. The van der Waals surface area contributed by atoms with E-state index in [1.165, 1.54) is 12.1 Å². The second-order valence-corrected chi connectivity index (χ2v) is 7.50. The number of thiophene rings is 1. The Morgan fingerprint density at radius 1 is 1.16 bits per heavy atom. The first-order chi connectivity index (χ1) is 8.85. The third-order valence-electron chi connectivity index (χ3n) is 2.82. The zero-order valence-electron chi connectivity index (χ0n) is 10.5. The number of primary amides is 1. The van der Waals surface area contributed by atoms with Gasteiger partial charge in [-0.3, -0.25) is 4.79 Å². The molecule has 0 spiro atoms. The molecule has 19 heavy (non-hydrogen) atoms. The topological polar surface area (TPSA) is 77.2 Å². The molecule has 6 heteroatoms. The van der Waals surface area contributed by atoms with E-state index in [-0.39, 0.29) is 9.10 Å². The van der Waals surface area contributed by atoms with Gasteiger partial charge in [-0.15, -0.1) is 11.3 Å². The maximum absolute atomic E-state index is 12.5. The van der Waals surface area contributed by atoms with Crippen LogP contribution in [0.3, 0.4) is 0 Å². The van der Waals surface area contributed by atoms with Crippen molar-refractivity contribution in [1.29, 1.82) is 0 Å². The molecule has 1 aromatic heterocycles. The zero-order chi connectivity index (χ0) is 14.2. The van der Waals surface area contributed by atoms with E-state index in [2.05, 4.69) is 0 Å². The van der Waals surface area contributed by atoms with E-state index in [0.29, 0.717) is 16.0 Å². The summed E-state index contributed by atoms with van der Waals surface area (Å²) in [5, 5.41) is 0. The molecule has 2 N–H and O–H groups in total. The minimum Gasteiger partial charge on any atom is -0.366 e. The highest BCUT2D eigenvalue weighted by molar-refractivity contribution is 7.93. The van der Waals surface area contributed by atoms with Crippen molar-refractivity contribution in [2.75, 3.05) is 0 Å². The maximum atomic E-state index is 12.5. The van der Waals surface area contributed by atoms with E-state index >= 15 is 0 Å². The smallest absolute Gasteiger partial charge is 0.250 e. The van der Waals surface area contributed by atoms with Crippen molar-refractivity contribution in [2.45, 2.75) is 23.0 Å². The van der Waals surface area contributed by atoms with E-state index < -0.39 is 15.7 Å². The molecule has 1 heterocycles. The van der Waals surface area contributed by atoms with Crippen molar-refractivity contribution >= 4 is 27.1 Å². The molecular weight excluding hydrogens is 282 g/mol. The van der Waals surface area contributed by atoms with Gasteiger partial charge in [-0.1, -0.05) is 18.2 Å². The summed E-state index contributed by atoms with van der Waals surface area (Å²) in [4.78, 5) is 12.2. The van der Waals surface area contributed by atoms with Gasteiger partial charge in [0.2, 0.25) is 15.7 Å². The number of aryl methyl sites for hydroxylation is 1. The van der Waals surface area contributed by atoms with Crippen molar-refractivity contribution in [3.63, 3.8) is 0 Å². The molecule has 0 radical (unpaired) electrons. The first-order valence-electron chi connectivity index (χ1n) is 5.55. The summed E-state index contributed by atoms with van der Waals surface area (Å²) < 4.78 is 25.2. The highest BCUT2D eigenvalue weighted by Crippen LogP contribution is 2.34. The van der Waals surface area contributed by atoms with Gasteiger partial charge in [-0.2, -0.15) is 0 Å². The second-order valence-electron chi connectivity index (χ2n) is 4.13. The van der Waals surface area contributed by atoms with Gasteiger partial charge in [0.1, 0.15) is 4.21 Å². The third kappa shape index (κ3) is 2.29. The lowest BCUT2D eigenvalue weighted by atomic mass is 10.2. The Labute approximate surface area is 115 Å². The van der Waals surface area contributed by atoms with Crippen LogP contribution >= 0.6 is 11.3 Å². The van der Waals surface area contributed by atoms with E-state index in [1.54, 1.807) is 32.0 Å². The minimum atomic E-state index is -3.59. The van der Waals surface area contributed by atoms with Crippen LogP contribution in [0.1, 0.15) is 20.8 Å². The van der Waals surface area contributed by atoms with Gasteiger partial charge in [0, 0.05) is 4.88 Å². The average Bonchev–Trinajstić information content (AvgIpc) is 2.66. The van der Waals surface area contributed by atoms with Crippen molar-refractivity contribution in [3.8, 4) is 0 Å². The summed E-state index contributed by atoms with van der Waals surface area (Å²) in [5.41, 5.74) is 6.02. The lowest BCUT2D eigenvalue weighted by Crippen LogP contribution is -2.13. The lowest BCUT2D eigenvalue weighted by molar-refractivity contribution is 0.0999. The van der Waals surface area contributed by atoms with E-state index in [0.717, 1.165) is 11.3 Å². The van der Waals surface area contributed by atoms with Crippen LogP contribution in [0, 0.1) is 13.8 Å². The Balaban J connectivity index is 2.67. The largest absolute Gasteiger partial charge is 0.366 e. The number of carbonyl (C=O) groups is 1. The predicted octanol–water partition coefficient (Wildman–Crippen LogP) is 2.30. The number of nitrogens with two attached hydrogens (primary N) is 1. The molecule has 0 atom stereocenters. The summed E-state index contributed by atoms with van der Waals surface area (Å²) in [6, 6.07) is 8.15. The molecule has 0 fully saturated rings. The van der Waals surface area contributed by atoms with Gasteiger partial charge < -0.3 is 5.73 Å². The third-order valence-corrected chi connectivity index (χ3v) is 6.42. The van der Waals surface area contributed by atoms with Crippen LogP contribution in [0.2, 0.25) is 0 Å². The molecular formula is C13H13NO3S2. The summed E-state index contributed by atoms with van der Waals surface area (Å²) in [6.45, 7) is 3.31. The molecule has 0 bridgehead atoms. The Morgan fingerprint density at radius 3 is 2.21 bits per heavy atom. The van der Waals surface area contributed by atoms with Crippen LogP contribution in [0.15, 0.2) is 39.4 Å². The monoisotopic (exact) mass is 295 g/mol. The maximum Gasteiger partial charge on any atom is 0.250 e. The molecule has 2 aromatic rings. The highest BCUT2D eigenvalue weighted by atomic mass is 32.2. The number of benzene rings is 1. The molecule has 0 aliphatic carbocycles. The molecule has 0 saturated carbocycles. The Hall–Kier alpha value is -1.66. The zero-order valence-corrected chi connectivity index (χ0v) is 12.1. The molecule has 100 valence electrons. The first-order valence-corrected chi connectivity index (χ1v) is 7.85. The molecule has 0 saturated heterocycles. The summed E-state index contributed by atoms with van der Waals surface area (Å²) in [5.74, 6) is -0.597. The summed E-state index contributed by atoms with van der Waals surface area (Å²) >= 11 is 1.08. The normalized spacial score (nSPS) is 11.5. The fraction of sp³-hybridized carbons (Fsp3) is 0.154. The molecule has 2 rings (SSSR count). The number of amides is 1. The number of carbonyl (C=O) groups excluding carboxylic acids is 1. The van der Waals surface area contributed by atoms with E-state index in [9.17, 15) is 13.2 Å². The molecule has 1 amide bonds. The standard InChI is InChI=1S/C13H13NO3S2/c1-8-11(12(14)15)9(2)18-13(8)19(16,17)10-6-4-3-5-7-10/h3-7H,1-2H3,(H2,14,15). The number of sulfone groups is 1. The van der Waals surface area contributed by atoms with Crippen molar-refractivity contribution in [1.82, 2.24) is 0 Å². The van der Waals surface area contributed by atoms with Gasteiger partial charge >= 0.3 is 0 Å². The Kier molecular flexibility index (Phi) is 3.47. The van der Waals surface area contributed by atoms with E-state index in [1.807, 2.05) is 0 Å². The van der Waals surface area contributed by atoms with Crippen LogP contribution in [-0.2, 0) is 9.84 Å². The van der Waals surface area contributed by atoms with Crippen LogP contribution in [0.4, 0.5) is 0 Å². The Morgan fingerprint density at radius 2 is 1.74 bits per heavy atom. The lowest BCUT2D eigenvalue weighted by Gasteiger charge is -2.03. The fourth-order valence-corrected chi connectivity index (χ4v) is 5.18. The molecule has 0 unspecified atom stereocenters. The van der Waals surface area contributed by atoms with Crippen molar-refractivity contribution in [2.24, 2.45) is 5.73 Å². The number of hydrogen-bond donors (Lipinski definition) is 1. The van der Waals surface area contributed by atoms with E-state index in [4.69, 9.17) is 5.73 Å².